The third-order valence-electron chi connectivity index (χ3n) is 3.38. The molecule has 0 unspecified atom stereocenters. The Labute approximate surface area is 124 Å². The van der Waals surface area contributed by atoms with Crippen LogP contribution in [0.4, 0.5) is 5.69 Å². The second kappa shape index (κ2) is 6.30. The molecule has 0 aromatic heterocycles. The summed E-state index contributed by atoms with van der Waals surface area (Å²) in [7, 11) is -3.59. The smallest absolute Gasteiger partial charge is 0.244 e. The lowest BCUT2D eigenvalue weighted by Gasteiger charge is -2.31. The highest BCUT2D eigenvalue weighted by molar-refractivity contribution is 7.89. The van der Waals surface area contributed by atoms with E-state index in [1.807, 2.05) is 6.92 Å². The van der Waals surface area contributed by atoms with Crippen molar-refractivity contribution in [3.8, 4) is 0 Å². The van der Waals surface area contributed by atoms with Gasteiger partial charge in [-0.3, -0.25) is 0 Å². The molecule has 7 heteroatoms. The third-order valence-corrected chi connectivity index (χ3v) is 5.76. The van der Waals surface area contributed by atoms with Crippen molar-refractivity contribution in [2.45, 2.75) is 30.8 Å². The number of halogens is 1. The van der Waals surface area contributed by atoms with Crippen LogP contribution in [0.15, 0.2) is 23.1 Å². The lowest BCUT2D eigenvalue weighted by Crippen LogP contribution is -2.40. The molecule has 112 valence electrons. The quantitative estimate of drug-likeness (QED) is 0.863. The average Bonchev–Trinajstić information content (AvgIpc) is 2.42. The van der Waals surface area contributed by atoms with Gasteiger partial charge in [0.25, 0.3) is 0 Å². The molecule has 1 heterocycles. The molecule has 2 rings (SSSR count). The van der Waals surface area contributed by atoms with E-state index in [1.165, 1.54) is 16.4 Å². The van der Waals surface area contributed by atoms with Gasteiger partial charge in [-0.15, -0.1) is 0 Å². The third kappa shape index (κ3) is 3.25. The number of hydrogen-bond donors (Lipinski definition) is 1. The fourth-order valence-electron chi connectivity index (χ4n) is 2.33. The number of hydrogen-bond acceptors (Lipinski definition) is 4. The number of sulfonamides is 1. The maximum Gasteiger partial charge on any atom is 0.244 e. The van der Waals surface area contributed by atoms with Crippen LogP contribution in [-0.4, -0.2) is 38.5 Å². The normalized spacial score (nSPS) is 18.3. The van der Waals surface area contributed by atoms with Gasteiger partial charge in [-0.05, 0) is 38.0 Å². The van der Waals surface area contributed by atoms with E-state index in [4.69, 9.17) is 22.1 Å². The van der Waals surface area contributed by atoms with Crippen molar-refractivity contribution in [1.82, 2.24) is 4.31 Å². The highest BCUT2D eigenvalue weighted by Crippen LogP contribution is 2.28. The fraction of sp³-hybridized carbons (Fsp3) is 0.538. The number of piperidine rings is 1. The molecule has 1 aliphatic rings. The largest absolute Gasteiger partial charge is 0.399 e. The molecule has 0 radical (unpaired) electrons. The Morgan fingerprint density at radius 2 is 2.05 bits per heavy atom. The monoisotopic (exact) mass is 318 g/mol. The summed E-state index contributed by atoms with van der Waals surface area (Å²) in [5.74, 6) is 0. The zero-order valence-corrected chi connectivity index (χ0v) is 13.0. The summed E-state index contributed by atoms with van der Waals surface area (Å²) in [6.07, 6.45) is 1.54. The molecule has 1 saturated heterocycles. The Morgan fingerprint density at radius 3 is 2.65 bits per heavy atom. The van der Waals surface area contributed by atoms with E-state index in [0.717, 1.165) is 0 Å². The molecule has 0 bridgehead atoms. The van der Waals surface area contributed by atoms with Crippen LogP contribution in [0.25, 0.3) is 0 Å². The predicted molar refractivity (Wildman–Crippen MR) is 79.3 cm³/mol. The van der Waals surface area contributed by atoms with E-state index in [9.17, 15) is 8.42 Å². The summed E-state index contributed by atoms with van der Waals surface area (Å²) in [6, 6.07) is 4.51. The number of nitrogen functional groups attached to an aromatic ring is 1. The van der Waals surface area contributed by atoms with Crippen LogP contribution in [0, 0.1) is 0 Å². The number of nitrogens with zero attached hydrogens (tertiary/aromatic N) is 1. The first kappa shape index (κ1) is 15.6. The van der Waals surface area contributed by atoms with Crippen molar-refractivity contribution in [3.05, 3.63) is 23.2 Å². The van der Waals surface area contributed by atoms with Crippen molar-refractivity contribution in [1.29, 1.82) is 0 Å². The first-order chi connectivity index (χ1) is 9.45. The standard InChI is InChI=1S/C13H19ClN2O3S/c1-2-19-11-5-7-16(8-6-11)20(17,18)13-9-10(15)3-4-12(13)14/h3-4,9,11H,2,5-8,15H2,1H3. The fourth-order valence-corrected chi connectivity index (χ4v) is 4.31. The van der Waals surface area contributed by atoms with Gasteiger partial charge in [0, 0.05) is 25.4 Å². The van der Waals surface area contributed by atoms with E-state index >= 15 is 0 Å². The molecule has 0 amide bonds. The van der Waals surface area contributed by atoms with Crippen LogP contribution in [0.1, 0.15) is 19.8 Å². The van der Waals surface area contributed by atoms with Gasteiger partial charge in [-0.2, -0.15) is 4.31 Å². The van der Waals surface area contributed by atoms with Gasteiger partial charge < -0.3 is 10.5 Å². The van der Waals surface area contributed by atoms with Crippen LogP contribution in [0.3, 0.4) is 0 Å². The molecule has 5 nitrogen and oxygen atoms in total. The maximum atomic E-state index is 12.6. The minimum Gasteiger partial charge on any atom is -0.399 e. The lowest BCUT2D eigenvalue weighted by molar-refractivity contribution is 0.0290. The van der Waals surface area contributed by atoms with E-state index in [2.05, 4.69) is 0 Å². The molecule has 2 N–H and O–H groups in total. The Kier molecular flexibility index (Phi) is 4.90. The molecule has 0 saturated carbocycles. The molecule has 1 aliphatic heterocycles. The molecule has 0 atom stereocenters. The molecule has 0 spiro atoms. The SMILES string of the molecule is CCOC1CCN(S(=O)(=O)c2cc(N)ccc2Cl)CC1. The Balaban J connectivity index is 2.18. The maximum absolute atomic E-state index is 12.6. The van der Waals surface area contributed by atoms with Gasteiger partial charge in [0.05, 0.1) is 11.1 Å². The minimum atomic E-state index is -3.59. The number of anilines is 1. The summed E-state index contributed by atoms with van der Waals surface area (Å²) in [4.78, 5) is 0.0778. The molecule has 1 aromatic rings. The van der Waals surface area contributed by atoms with Crippen molar-refractivity contribution in [2.75, 3.05) is 25.4 Å². The van der Waals surface area contributed by atoms with E-state index in [-0.39, 0.29) is 16.0 Å². The molecular formula is C13H19ClN2O3S. The highest BCUT2D eigenvalue weighted by atomic mass is 35.5. The summed E-state index contributed by atoms with van der Waals surface area (Å²) < 4.78 is 32.1. The zero-order chi connectivity index (χ0) is 14.8. The predicted octanol–water partition coefficient (Wildman–Crippen LogP) is 2.11. The molecular weight excluding hydrogens is 300 g/mol. The van der Waals surface area contributed by atoms with Crippen molar-refractivity contribution < 1.29 is 13.2 Å². The van der Waals surface area contributed by atoms with Gasteiger partial charge >= 0.3 is 0 Å². The minimum absolute atomic E-state index is 0.0778. The number of ether oxygens (including phenoxy) is 1. The zero-order valence-electron chi connectivity index (χ0n) is 11.4. The van der Waals surface area contributed by atoms with Crippen molar-refractivity contribution >= 4 is 27.3 Å². The summed E-state index contributed by atoms with van der Waals surface area (Å²) in [5, 5.41) is 0.200. The molecule has 1 aromatic carbocycles. The first-order valence-electron chi connectivity index (χ1n) is 6.62. The molecule has 0 aliphatic carbocycles. The number of rotatable bonds is 4. The van der Waals surface area contributed by atoms with E-state index < -0.39 is 10.0 Å². The number of benzene rings is 1. The van der Waals surface area contributed by atoms with Crippen LogP contribution in [0.2, 0.25) is 5.02 Å². The lowest BCUT2D eigenvalue weighted by atomic mass is 10.1. The van der Waals surface area contributed by atoms with Gasteiger partial charge in [-0.1, -0.05) is 11.6 Å². The van der Waals surface area contributed by atoms with Gasteiger partial charge in [-0.25, -0.2) is 8.42 Å². The summed E-state index contributed by atoms with van der Waals surface area (Å²) in [5.41, 5.74) is 6.04. The van der Waals surface area contributed by atoms with Crippen molar-refractivity contribution in [2.24, 2.45) is 0 Å². The highest BCUT2D eigenvalue weighted by Gasteiger charge is 2.31. The Hall–Kier alpha value is -0.820. The van der Waals surface area contributed by atoms with Gasteiger partial charge in [0.2, 0.25) is 10.0 Å². The Morgan fingerprint density at radius 1 is 1.40 bits per heavy atom. The van der Waals surface area contributed by atoms with E-state index in [0.29, 0.717) is 38.2 Å². The second-order valence-electron chi connectivity index (χ2n) is 4.75. The van der Waals surface area contributed by atoms with Crippen LogP contribution in [-0.2, 0) is 14.8 Å². The topological polar surface area (TPSA) is 72.6 Å². The van der Waals surface area contributed by atoms with Crippen LogP contribution < -0.4 is 5.73 Å². The van der Waals surface area contributed by atoms with Gasteiger partial charge in [0.15, 0.2) is 0 Å². The van der Waals surface area contributed by atoms with Crippen molar-refractivity contribution in [3.63, 3.8) is 0 Å². The van der Waals surface area contributed by atoms with Crippen LogP contribution in [0.5, 0.6) is 0 Å². The molecule has 1 fully saturated rings. The van der Waals surface area contributed by atoms with Gasteiger partial charge in [0.1, 0.15) is 4.90 Å². The average molecular weight is 319 g/mol. The van der Waals surface area contributed by atoms with E-state index in [1.54, 1.807) is 6.07 Å². The summed E-state index contributed by atoms with van der Waals surface area (Å²) >= 11 is 5.99. The Bertz CT molecular complexity index is 569. The summed E-state index contributed by atoms with van der Waals surface area (Å²) in [6.45, 7) is 3.48. The first-order valence-corrected chi connectivity index (χ1v) is 8.43. The van der Waals surface area contributed by atoms with Crippen LogP contribution >= 0.6 is 11.6 Å². The second-order valence-corrected chi connectivity index (χ2v) is 7.06. The number of nitrogens with two attached hydrogens (primary N) is 1. The molecule has 20 heavy (non-hydrogen) atoms.